The van der Waals surface area contributed by atoms with E-state index in [1.807, 2.05) is 42.5 Å². The number of aromatic nitrogens is 2. The first-order chi connectivity index (χ1) is 16.1. The monoisotopic (exact) mass is 439 g/mol. The summed E-state index contributed by atoms with van der Waals surface area (Å²) in [6.07, 6.45) is 6.03. The minimum absolute atomic E-state index is 0.320. The number of benzene rings is 2. The highest BCUT2D eigenvalue weighted by molar-refractivity contribution is 6.13. The molecule has 0 atom stereocenters. The molecule has 168 valence electrons. The number of anilines is 2. The highest BCUT2D eigenvalue weighted by Gasteiger charge is 2.20. The zero-order chi connectivity index (χ0) is 23.0. The van der Waals surface area contributed by atoms with E-state index in [-0.39, 0.29) is 0 Å². The average Bonchev–Trinajstić information content (AvgIpc) is 2.87. The number of nitrogens with one attached hydrogen (secondary N) is 3. The van der Waals surface area contributed by atoms with Crippen LogP contribution in [-0.2, 0) is 6.54 Å². The van der Waals surface area contributed by atoms with Crippen molar-refractivity contribution in [3.8, 4) is 6.07 Å². The van der Waals surface area contributed by atoms with E-state index in [0.717, 1.165) is 43.4 Å². The lowest BCUT2D eigenvalue weighted by atomic mass is 9.86. The van der Waals surface area contributed by atoms with Gasteiger partial charge in [0.1, 0.15) is 5.82 Å². The quantitative estimate of drug-likeness (QED) is 0.388. The third kappa shape index (κ3) is 5.93. The Morgan fingerprint density at radius 2 is 1.76 bits per heavy atom. The van der Waals surface area contributed by atoms with Crippen molar-refractivity contribution in [1.82, 2.24) is 9.97 Å². The van der Waals surface area contributed by atoms with E-state index in [0.29, 0.717) is 47.1 Å². The van der Waals surface area contributed by atoms with Crippen molar-refractivity contribution >= 4 is 17.5 Å². The van der Waals surface area contributed by atoms with E-state index in [4.69, 9.17) is 21.4 Å². The fourth-order valence-electron chi connectivity index (χ4n) is 4.06. The molecule has 2 aromatic carbocycles. The maximum atomic E-state index is 8.96. The molecular weight excluding hydrogens is 410 g/mol. The summed E-state index contributed by atoms with van der Waals surface area (Å²) in [5.74, 6) is 1.71. The van der Waals surface area contributed by atoms with Crippen LogP contribution < -0.4 is 16.4 Å². The molecule has 0 saturated heterocycles. The first-order valence-corrected chi connectivity index (χ1v) is 11.4. The Kier molecular flexibility index (Phi) is 7.28. The molecule has 3 aromatic rings. The normalized spacial score (nSPS) is 17.7. The van der Waals surface area contributed by atoms with Gasteiger partial charge in [-0.1, -0.05) is 42.5 Å². The predicted molar refractivity (Wildman–Crippen MR) is 131 cm³/mol. The predicted octanol–water partition coefficient (Wildman–Crippen LogP) is 4.31. The first-order valence-electron chi connectivity index (χ1n) is 11.4. The third-order valence-electron chi connectivity index (χ3n) is 6.10. The van der Waals surface area contributed by atoms with E-state index < -0.39 is 0 Å². The van der Waals surface area contributed by atoms with Gasteiger partial charge in [0.15, 0.2) is 0 Å². The van der Waals surface area contributed by atoms with Crippen molar-refractivity contribution in [3.63, 3.8) is 0 Å². The lowest BCUT2D eigenvalue weighted by Crippen LogP contribution is -2.29. The first kappa shape index (κ1) is 22.4. The van der Waals surface area contributed by atoms with Crippen LogP contribution >= 0.6 is 0 Å². The van der Waals surface area contributed by atoms with Crippen LogP contribution in [0, 0.1) is 22.7 Å². The molecule has 33 heavy (non-hydrogen) atoms. The number of nitrogens with two attached hydrogens (primary N) is 1. The van der Waals surface area contributed by atoms with Crippen molar-refractivity contribution in [2.75, 3.05) is 17.2 Å². The molecule has 0 aliphatic heterocycles. The van der Waals surface area contributed by atoms with Gasteiger partial charge in [-0.05, 0) is 49.3 Å². The molecule has 1 saturated carbocycles. The van der Waals surface area contributed by atoms with Gasteiger partial charge in [0.2, 0.25) is 5.95 Å². The molecule has 1 aliphatic rings. The van der Waals surface area contributed by atoms with E-state index in [1.165, 1.54) is 0 Å². The van der Waals surface area contributed by atoms with Gasteiger partial charge in [-0.25, -0.2) is 4.98 Å². The Morgan fingerprint density at radius 3 is 2.45 bits per heavy atom. The minimum Gasteiger partial charge on any atom is -0.369 e. The van der Waals surface area contributed by atoms with Crippen LogP contribution in [0.2, 0.25) is 0 Å². The van der Waals surface area contributed by atoms with Crippen LogP contribution in [0.3, 0.4) is 0 Å². The second kappa shape index (κ2) is 10.7. The summed E-state index contributed by atoms with van der Waals surface area (Å²) in [6, 6.07) is 19.5. The molecule has 7 heteroatoms. The molecule has 0 radical (unpaired) electrons. The second-order valence-corrected chi connectivity index (χ2v) is 8.52. The van der Waals surface area contributed by atoms with Gasteiger partial charge in [-0.15, -0.1) is 0 Å². The minimum atomic E-state index is 0.320. The number of hydrogen-bond acceptors (Lipinski definition) is 7. The van der Waals surface area contributed by atoms with Crippen LogP contribution in [0.1, 0.15) is 47.9 Å². The van der Waals surface area contributed by atoms with Gasteiger partial charge in [0.05, 0.1) is 22.9 Å². The maximum absolute atomic E-state index is 8.96. The lowest BCUT2D eigenvalue weighted by molar-refractivity contribution is 0.338. The Hall–Kier alpha value is -3.76. The molecule has 0 spiro atoms. The fraction of sp³-hybridized carbons (Fsp3) is 0.308. The molecule has 0 bridgehead atoms. The van der Waals surface area contributed by atoms with Crippen molar-refractivity contribution in [2.24, 2.45) is 11.7 Å². The topological polar surface area (TPSA) is 124 Å². The van der Waals surface area contributed by atoms with Gasteiger partial charge in [-0.3, -0.25) is 5.41 Å². The summed E-state index contributed by atoms with van der Waals surface area (Å²) in [4.78, 5) is 9.18. The zero-order valence-corrected chi connectivity index (χ0v) is 18.6. The standard InChI is InChI=1S/C26H29N7/c27-14-18-6-8-19(9-7-18)16-31-26-32-17-23(24(29)21-4-2-1-3-5-21)25(33-26)30-15-20-10-12-22(28)13-11-20/h1-9,17,20,22,29H,10-13,15-16,28H2,(H2,30,31,32,33). The summed E-state index contributed by atoms with van der Waals surface area (Å²) < 4.78 is 0. The van der Waals surface area contributed by atoms with Crippen LogP contribution in [0.25, 0.3) is 0 Å². The molecule has 7 nitrogen and oxygen atoms in total. The molecule has 4 rings (SSSR count). The summed E-state index contributed by atoms with van der Waals surface area (Å²) in [7, 11) is 0. The van der Waals surface area contributed by atoms with Crippen LogP contribution in [0.4, 0.5) is 11.8 Å². The molecule has 1 aromatic heterocycles. The molecular formula is C26H29N7. The lowest BCUT2D eigenvalue weighted by Gasteiger charge is -2.26. The average molecular weight is 440 g/mol. The number of nitrogens with zero attached hydrogens (tertiary/aromatic N) is 3. The maximum Gasteiger partial charge on any atom is 0.224 e. The zero-order valence-electron chi connectivity index (χ0n) is 18.6. The Morgan fingerprint density at radius 1 is 1.03 bits per heavy atom. The van der Waals surface area contributed by atoms with Crippen molar-refractivity contribution in [1.29, 1.82) is 10.7 Å². The van der Waals surface area contributed by atoms with Crippen molar-refractivity contribution in [2.45, 2.75) is 38.3 Å². The SMILES string of the molecule is N#Cc1ccc(CNc2ncc(C(=N)c3ccccc3)c(NCC3CCC(N)CC3)n2)cc1. The summed E-state index contributed by atoms with van der Waals surface area (Å²) >= 11 is 0. The van der Waals surface area contributed by atoms with Crippen LogP contribution in [0.5, 0.6) is 0 Å². The highest BCUT2D eigenvalue weighted by atomic mass is 15.1. The van der Waals surface area contributed by atoms with Crippen molar-refractivity contribution in [3.05, 3.63) is 83.0 Å². The Bertz CT molecular complexity index is 1110. The number of rotatable bonds is 8. The summed E-state index contributed by atoms with van der Waals surface area (Å²) in [5, 5.41) is 24.4. The van der Waals surface area contributed by atoms with E-state index in [1.54, 1.807) is 18.3 Å². The molecule has 0 unspecified atom stereocenters. The van der Waals surface area contributed by atoms with E-state index >= 15 is 0 Å². The van der Waals surface area contributed by atoms with Crippen LogP contribution in [0.15, 0.2) is 60.8 Å². The fourth-order valence-corrected chi connectivity index (χ4v) is 4.06. The van der Waals surface area contributed by atoms with Gasteiger partial charge in [0.25, 0.3) is 0 Å². The van der Waals surface area contributed by atoms with Gasteiger partial charge < -0.3 is 16.4 Å². The number of nitriles is 1. The molecule has 1 fully saturated rings. The van der Waals surface area contributed by atoms with E-state index in [2.05, 4.69) is 21.7 Å². The largest absolute Gasteiger partial charge is 0.369 e. The molecule has 5 N–H and O–H groups in total. The molecule has 1 heterocycles. The van der Waals surface area contributed by atoms with Gasteiger partial charge in [0, 0.05) is 30.9 Å². The second-order valence-electron chi connectivity index (χ2n) is 8.52. The molecule has 0 amide bonds. The third-order valence-corrected chi connectivity index (χ3v) is 6.10. The van der Waals surface area contributed by atoms with Gasteiger partial charge >= 0.3 is 0 Å². The van der Waals surface area contributed by atoms with Crippen LogP contribution in [-0.4, -0.2) is 28.3 Å². The molecule has 1 aliphatic carbocycles. The van der Waals surface area contributed by atoms with Crippen molar-refractivity contribution < 1.29 is 0 Å². The number of hydrogen-bond donors (Lipinski definition) is 4. The van der Waals surface area contributed by atoms with Gasteiger partial charge in [-0.2, -0.15) is 10.2 Å². The summed E-state index contributed by atoms with van der Waals surface area (Å²) in [6.45, 7) is 1.34. The Balaban J connectivity index is 1.51. The smallest absolute Gasteiger partial charge is 0.224 e. The Labute approximate surface area is 194 Å². The van der Waals surface area contributed by atoms with E-state index in [9.17, 15) is 0 Å². The summed E-state index contributed by atoms with van der Waals surface area (Å²) in [5.41, 5.74) is 9.62. The highest BCUT2D eigenvalue weighted by Crippen LogP contribution is 2.25.